The second kappa shape index (κ2) is 9.01. The Morgan fingerprint density at radius 1 is 1.14 bits per heavy atom. The Hall–Kier alpha value is -3.14. The van der Waals surface area contributed by atoms with Gasteiger partial charge in [0.05, 0.1) is 16.3 Å². The number of benzene rings is 1. The van der Waals surface area contributed by atoms with E-state index in [0.29, 0.717) is 29.5 Å². The van der Waals surface area contributed by atoms with Gasteiger partial charge < -0.3 is 15.4 Å². The maximum absolute atomic E-state index is 13.5. The Bertz CT molecular complexity index is 1450. The molecule has 0 spiro atoms. The lowest BCUT2D eigenvalue weighted by Gasteiger charge is -2.22. The third-order valence-electron chi connectivity index (χ3n) is 7.07. The zero-order valence-corrected chi connectivity index (χ0v) is 22.4. The van der Waals surface area contributed by atoms with Gasteiger partial charge in [0.2, 0.25) is 5.88 Å². The number of aryl methyl sites for hydroxylation is 1. The molecule has 9 heteroatoms. The van der Waals surface area contributed by atoms with Crippen LogP contribution in [0.1, 0.15) is 34.8 Å². The van der Waals surface area contributed by atoms with E-state index in [1.54, 1.807) is 23.5 Å². The van der Waals surface area contributed by atoms with Crippen LogP contribution in [-0.4, -0.2) is 40.0 Å². The molecule has 1 aromatic carbocycles. The Labute approximate surface area is 223 Å². The van der Waals surface area contributed by atoms with Crippen molar-refractivity contribution < 1.29 is 13.9 Å². The summed E-state index contributed by atoms with van der Waals surface area (Å²) in [4.78, 5) is 26.3. The number of piperidine rings is 1. The Kier molecular flexibility index (Phi) is 5.89. The molecule has 6 nitrogen and oxygen atoms in total. The van der Waals surface area contributed by atoms with Crippen molar-refractivity contribution in [2.24, 2.45) is 17.6 Å². The topological polar surface area (TPSA) is 81.3 Å². The Morgan fingerprint density at radius 2 is 1.86 bits per heavy atom. The molecule has 1 aliphatic heterocycles. The predicted octanol–water partition coefficient (Wildman–Crippen LogP) is 5.72. The number of ether oxygens (including phenoxy) is 1. The molecule has 6 rings (SSSR count). The smallest absolute Gasteiger partial charge is 0.265 e. The molecule has 3 aromatic heterocycles. The molecule has 1 aliphatic carbocycles. The van der Waals surface area contributed by atoms with Gasteiger partial charge in [-0.25, -0.2) is 14.4 Å². The van der Waals surface area contributed by atoms with E-state index in [4.69, 9.17) is 15.5 Å². The highest BCUT2D eigenvalue weighted by Gasteiger charge is 2.59. The first kappa shape index (κ1) is 24.2. The van der Waals surface area contributed by atoms with E-state index in [-0.39, 0.29) is 29.7 Å². The number of carbonyl (C=O) groups excluding carboxylic acids is 1. The van der Waals surface area contributed by atoms with Gasteiger partial charge in [-0.05, 0) is 68.1 Å². The highest BCUT2D eigenvalue weighted by molar-refractivity contribution is 7.22. The van der Waals surface area contributed by atoms with Gasteiger partial charge in [0, 0.05) is 42.1 Å². The normalized spacial score (nSPS) is 20.7. The fraction of sp³-hybridized carbons (Fsp3) is 0.321. The Balaban J connectivity index is 1.16. The number of thiazole rings is 1. The van der Waals surface area contributed by atoms with Crippen LogP contribution in [0.3, 0.4) is 0 Å². The second-order valence-corrected chi connectivity index (χ2v) is 12.3. The molecule has 0 radical (unpaired) electrons. The number of fused-ring (bicyclic) bond motifs is 1. The summed E-state index contributed by atoms with van der Waals surface area (Å²) in [6, 6.07) is 14.1. The summed E-state index contributed by atoms with van der Waals surface area (Å²) in [7, 11) is 0. The number of carbonyl (C=O) groups is 1. The van der Waals surface area contributed by atoms with E-state index in [1.807, 2.05) is 55.3 Å². The first-order valence-corrected chi connectivity index (χ1v) is 13.9. The highest BCUT2D eigenvalue weighted by Crippen LogP contribution is 2.48. The number of nitrogens with two attached hydrogens (primary N) is 1. The molecule has 4 heterocycles. The van der Waals surface area contributed by atoms with Gasteiger partial charge in [0.25, 0.3) is 5.91 Å². The number of amides is 1. The summed E-state index contributed by atoms with van der Waals surface area (Å²) < 4.78 is 19.8. The largest absolute Gasteiger partial charge is 0.474 e. The molecule has 4 aromatic rings. The molecule has 1 saturated carbocycles. The predicted molar refractivity (Wildman–Crippen MR) is 144 cm³/mol. The summed E-state index contributed by atoms with van der Waals surface area (Å²) in [6.45, 7) is 7.09. The third kappa shape index (κ3) is 4.67. The van der Waals surface area contributed by atoms with Crippen LogP contribution in [0.5, 0.6) is 5.88 Å². The lowest BCUT2D eigenvalue weighted by atomic mass is 9.95. The van der Waals surface area contributed by atoms with E-state index in [2.05, 4.69) is 4.98 Å². The molecular weight excluding hydrogens is 507 g/mol. The molecule has 2 N–H and O–H groups in total. The minimum Gasteiger partial charge on any atom is -0.474 e. The van der Waals surface area contributed by atoms with Gasteiger partial charge >= 0.3 is 0 Å². The van der Waals surface area contributed by atoms with Crippen molar-refractivity contribution in [3.63, 3.8) is 0 Å². The summed E-state index contributed by atoms with van der Waals surface area (Å²) in [6.07, 6.45) is 0.0120. The van der Waals surface area contributed by atoms with Gasteiger partial charge in [-0.1, -0.05) is 6.07 Å². The van der Waals surface area contributed by atoms with Crippen LogP contribution in [0, 0.1) is 24.6 Å². The lowest BCUT2D eigenvalue weighted by Crippen LogP contribution is -2.33. The van der Waals surface area contributed by atoms with E-state index in [1.165, 1.54) is 23.5 Å². The molecule has 0 bridgehead atoms. The van der Waals surface area contributed by atoms with Crippen LogP contribution in [0.25, 0.3) is 21.1 Å². The molecule has 2 aliphatic rings. The summed E-state index contributed by atoms with van der Waals surface area (Å²) in [5.41, 5.74) is 8.97. The van der Waals surface area contributed by atoms with Gasteiger partial charge in [-0.3, -0.25) is 4.79 Å². The molecule has 1 saturated heterocycles. The zero-order chi connectivity index (χ0) is 25.9. The third-order valence-corrected chi connectivity index (χ3v) is 9.25. The number of nitrogens with zero attached hydrogens (tertiary/aromatic N) is 3. The number of hydrogen-bond acceptors (Lipinski definition) is 7. The van der Waals surface area contributed by atoms with Crippen molar-refractivity contribution in [2.45, 2.75) is 32.4 Å². The summed E-state index contributed by atoms with van der Waals surface area (Å²) in [5, 5.41) is 2.91. The van der Waals surface area contributed by atoms with Crippen LogP contribution in [0.2, 0.25) is 0 Å². The number of hydrogen-bond donors (Lipinski definition) is 1. The van der Waals surface area contributed by atoms with Crippen LogP contribution < -0.4 is 10.5 Å². The molecule has 1 amide bonds. The summed E-state index contributed by atoms with van der Waals surface area (Å²) >= 11 is 3.10. The monoisotopic (exact) mass is 534 g/mol. The minimum absolute atomic E-state index is 0.0120. The highest BCUT2D eigenvalue weighted by atomic mass is 32.1. The zero-order valence-electron chi connectivity index (χ0n) is 20.8. The average Bonchev–Trinajstić information content (AvgIpc) is 3.36. The van der Waals surface area contributed by atoms with Gasteiger partial charge in [0.15, 0.2) is 0 Å². The lowest BCUT2D eigenvalue weighted by molar-refractivity contribution is 0.0755. The van der Waals surface area contributed by atoms with Gasteiger partial charge in [-0.2, -0.15) is 0 Å². The van der Waals surface area contributed by atoms with E-state index < -0.39 is 5.54 Å². The molecule has 2 fully saturated rings. The van der Waals surface area contributed by atoms with Crippen molar-refractivity contribution in [3.8, 4) is 27.0 Å². The SMILES string of the molecule is Cc1nc(-c2cccs2)sc1C(=O)N1C[C@@H]2C(Oc3cc(C(C)(C)N)cc(-c4ccc(F)cc4)n3)[C@@H]2C1. The van der Waals surface area contributed by atoms with Crippen LogP contribution >= 0.6 is 22.7 Å². The van der Waals surface area contributed by atoms with Crippen molar-refractivity contribution in [3.05, 3.63) is 75.9 Å². The van der Waals surface area contributed by atoms with E-state index in [0.717, 1.165) is 26.7 Å². The minimum atomic E-state index is -0.590. The maximum Gasteiger partial charge on any atom is 0.265 e. The van der Waals surface area contributed by atoms with E-state index >= 15 is 0 Å². The standard InChI is InChI=1S/C28H27FN4O2S2/c1-15-25(37-26(31-15)22-5-4-10-36-22)27(34)33-13-19-20(14-33)24(19)35-23-12-17(28(2,3)30)11-21(32-23)16-6-8-18(29)9-7-16/h4-12,19-20,24H,13-14,30H2,1-3H3/t19-,20+,24?. The number of thiophene rings is 1. The summed E-state index contributed by atoms with van der Waals surface area (Å²) in [5.74, 6) is 0.815. The number of aromatic nitrogens is 2. The van der Waals surface area contributed by atoms with Crippen LogP contribution in [-0.2, 0) is 5.54 Å². The number of likely N-dealkylation sites (tertiary alicyclic amines) is 1. The van der Waals surface area contributed by atoms with E-state index in [9.17, 15) is 9.18 Å². The Morgan fingerprint density at radius 3 is 2.51 bits per heavy atom. The van der Waals surface area contributed by atoms with Gasteiger partial charge in [0.1, 0.15) is 21.8 Å². The average molecular weight is 535 g/mol. The molecule has 37 heavy (non-hydrogen) atoms. The van der Waals surface area contributed by atoms with Crippen LogP contribution in [0.15, 0.2) is 53.9 Å². The van der Waals surface area contributed by atoms with Gasteiger partial charge in [-0.15, -0.1) is 22.7 Å². The molecule has 1 unspecified atom stereocenters. The van der Waals surface area contributed by atoms with Crippen LogP contribution in [0.4, 0.5) is 4.39 Å². The number of pyridine rings is 1. The molecule has 3 atom stereocenters. The van der Waals surface area contributed by atoms with Crippen molar-refractivity contribution in [1.82, 2.24) is 14.9 Å². The maximum atomic E-state index is 13.5. The first-order chi connectivity index (χ1) is 17.7. The fourth-order valence-electron chi connectivity index (χ4n) is 4.90. The first-order valence-electron chi connectivity index (χ1n) is 12.2. The molecular formula is C28H27FN4O2S2. The second-order valence-electron chi connectivity index (χ2n) is 10.3. The quantitative estimate of drug-likeness (QED) is 0.342. The number of rotatable bonds is 6. The molecule has 190 valence electrons. The van der Waals surface area contributed by atoms with Crippen molar-refractivity contribution >= 4 is 28.6 Å². The number of halogens is 1. The fourth-order valence-corrected chi connectivity index (χ4v) is 6.73. The van der Waals surface area contributed by atoms with Crippen molar-refractivity contribution in [1.29, 1.82) is 0 Å². The van der Waals surface area contributed by atoms with Crippen molar-refractivity contribution in [2.75, 3.05) is 13.1 Å².